The lowest BCUT2D eigenvalue weighted by Gasteiger charge is -2.18. The van der Waals surface area contributed by atoms with Gasteiger partial charge in [0.05, 0.1) is 5.69 Å². The molecule has 0 bridgehead atoms. The van der Waals surface area contributed by atoms with E-state index in [2.05, 4.69) is 25.3 Å². The van der Waals surface area contributed by atoms with Crippen molar-refractivity contribution in [1.29, 1.82) is 0 Å². The molecule has 0 fully saturated rings. The maximum absolute atomic E-state index is 11.8. The van der Waals surface area contributed by atoms with Gasteiger partial charge in [-0.2, -0.15) is 0 Å². The van der Waals surface area contributed by atoms with Crippen molar-refractivity contribution in [3.63, 3.8) is 0 Å². The fourth-order valence-electron chi connectivity index (χ4n) is 0.911. The van der Waals surface area contributed by atoms with Crippen molar-refractivity contribution in [3.8, 4) is 0 Å². The Hall–Kier alpha value is -0.390. The lowest BCUT2D eigenvalue weighted by Crippen LogP contribution is -2.26. The summed E-state index contributed by atoms with van der Waals surface area (Å²) < 4.78 is 16.6. The smallest absolute Gasteiger partial charge is 0.144 e. The molecule has 0 aliphatic rings. The summed E-state index contributed by atoms with van der Waals surface area (Å²) in [6.45, 7) is 7.51. The zero-order chi connectivity index (χ0) is 12.3. The summed E-state index contributed by atoms with van der Waals surface area (Å²) in [7, 11) is 0. The van der Waals surface area contributed by atoms with E-state index < -0.39 is 11.4 Å². The molecule has 5 heteroatoms. The van der Waals surface area contributed by atoms with Gasteiger partial charge in [0, 0.05) is 10.7 Å². The molecule has 1 rings (SSSR count). The topological polar surface area (TPSA) is 48.3 Å². The Morgan fingerprint density at radius 3 is 2.62 bits per heavy atom. The molecule has 1 aromatic rings. The van der Waals surface area contributed by atoms with Gasteiger partial charge in [-0.25, -0.2) is 0 Å². The van der Waals surface area contributed by atoms with E-state index in [1.54, 1.807) is 6.20 Å². The second-order valence-electron chi connectivity index (χ2n) is 4.40. The average molecular weight is 303 g/mol. The lowest BCUT2D eigenvalue weighted by atomic mass is 10.3. The van der Waals surface area contributed by atoms with Gasteiger partial charge in [-0.3, -0.25) is 4.98 Å². The van der Waals surface area contributed by atoms with Crippen molar-refractivity contribution in [1.82, 2.24) is 4.98 Å². The summed E-state index contributed by atoms with van der Waals surface area (Å²) in [6, 6.07) is 3.70. The molecule has 0 saturated heterocycles. The first kappa shape index (κ1) is 13.7. The van der Waals surface area contributed by atoms with Crippen molar-refractivity contribution in [2.75, 3.05) is 0 Å². The zero-order valence-electron chi connectivity index (χ0n) is 9.82. The molecule has 0 radical (unpaired) electrons. The molecule has 0 aromatic carbocycles. The molecule has 0 aliphatic carbocycles. The molecule has 0 spiro atoms. The Kier molecular flexibility index (Phi) is 4.52. The number of hydrogen-bond acceptors (Lipinski definition) is 3. The van der Waals surface area contributed by atoms with Crippen molar-refractivity contribution >= 4 is 33.0 Å². The second-order valence-corrected chi connectivity index (χ2v) is 7.22. The predicted octanol–water partition coefficient (Wildman–Crippen LogP) is 3.12. The standard InChI is InChI=1S/C11H15BrN2OS/c1-8(14-16(15)11(2,3)4)10-7-9(12)5-6-13-10/h5-7H,1-4H3/b14-8+/t16-/m1/s1. The SMILES string of the molecule is C/C(=N\[S@+]([O-])C(C)(C)C)c1cc(Br)ccn1. The van der Waals surface area contributed by atoms with Crippen LogP contribution in [0.25, 0.3) is 0 Å². The monoisotopic (exact) mass is 302 g/mol. The quantitative estimate of drug-likeness (QED) is 0.622. The van der Waals surface area contributed by atoms with E-state index in [0.717, 1.165) is 10.2 Å². The first-order chi connectivity index (χ1) is 7.30. The highest BCUT2D eigenvalue weighted by molar-refractivity contribution is 9.10. The van der Waals surface area contributed by atoms with Crippen LogP contribution in [0.15, 0.2) is 27.2 Å². The molecule has 16 heavy (non-hydrogen) atoms. The molecule has 1 heterocycles. The largest absolute Gasteiger partial charge is 0.591 e. The van der Waals surface area contributed by atoms with Crippen LogP contribution in [0.1, 0.15) is 33.4 Å². The summed E-state index contributed by atoms with van der Waals surface area (Å²) in [6.07, 6.45) is 1.69. The molecule has 0 unspecified atom stereocenters. The van der Waals surface area contributed by atoms with Gasteiger partial charge in [-0.1, -0.05) is 20.3 Å². The molecular weight excluding hydrogens is 288 g/mol. The highest BCUT2D eigenvalue weighted by atomic mass is 79.9. The van der Waals surface area contributed by atoms with E-state index in [4.69, 9.17) is 0 Å². The Labute approximate surface area is 108 Å². The highest BCUT2D eigenvalue weighted by Gasteiger charge is 2.26. The third-order valence-electron chi connectivity index (χ3n) is 1.84. The Balaban J connectivity index is 2.94. The number of aromatic nitrogens is 1. The van der Waals surface area contributed by atoms with Gasteiger partial charge in [0.15, 0.2) is 0 Å². The minimum atomic E-state index is -1.24. The van der Waals surface area contributed by atoms with Crippen LogP contribution in [-0.4, -0.2) is 20.0 Å². The summed E-state index contributed by atoms with van der Waals surface area (Å²) in [5, 5.41) is 0. The molecular formula is C11H15BrN2OS. The van der Waals surface area contributed by atoms with Gasteiger partial charge >= 0.3 is 0 Å². The summed E-state index contributed by atoms with van der Waals surface area (Å²) in [5.41, 5.74) is 1.43. The van der Waals surface area contributed by atoms with Crippen LogP contribution in [0.5, 0.6) is 0 Å². The molecule has 0 aliphatic heterocycles. The Bertz CT molecular complexity index is 401. The predicted molar refractivity (Wildman–Crippen MR) is 72.0 cm³/mol. The van der Waals surface area contributed by atoms with Gasteiger partial charge < -0.3 is 4.55 Å². The van der Waals surface area contributed by atoms with Crippen LogP contribution in [0, 0.1) is 0 Å². The zero-order valence-corrected chi connectivity index (χ0v) is 12.2. The Morgan fingerprint density at radius 2 is 2.12 bits per heavy atom. The number of pyridine rings is 1. The first-order valence-corrected chi connectivity index (χ1v) is 6.80. The molecule has 1 aromatic heterocycles. The van der Waals surface area contributed by atoms with Gasteiger partial charge in [0.1, 0.15) is 21.8 Å². The van der Waals surface area contributed by atoms with Crippen molar-refractivity contribution < 1.29 is 4.55 Å². The van der Waals surface area contributed by atoms with E-state index in [1.807, 2.05) is 39.8 Å². The van der Waals surface area contributed by atoms with Crippen LogP contribution < -0.4 is 0 Å². The van der Waals surface area contributed by atoms with Crippen LogP contribution in [0.4, 0.5) is 0 Å². The fourth-order valence-corrected chi connectivity index (χ4v) is 1.86. The van der Waals surface area contributed by atoms with E-state index >= 15 is 0 Å². The Morgan fingerprint density at radius 1 is 1.50 bits per heavy atom. The van der Waals surface area contributed by atoms with Crippen LogP contribution in [-0.2, 0) is 11.4 Å². The maximum atomic E-state index is 11.8. The molecule has 1 atom stereocenters. The maximum Gasteiger partial charge on any atom is 0.144 e. The normalized spacial score (nSPS) is 15.0. The van der Waals surface area contributed by atoms with Gasteiger partial charge in [-0.05, 0) is 39.8 Å². The highest BCUT2D eigenvalue weighted by Crippen LogP contribution is 2.18. The van der Waals surface area contributed by atoms with Crippen molar-refractivity contribution in [2.24, 2.45) is 4.40 Å². The number of rotatable bonds is 2. The fraction of sp³-hybridized carbons (Fsp3) is 0.455. The average Bonchev–Trinajstić information content (AvgIpc) is 2.16. The number of nitrogens with zero attached hydrogens (tertiary/aromatic N) is 2. The van der Waals surface area contributed by atoms with Gasteiger partial charge in [0.2, 0.25) is 0 Å². The van der Waals surface area contributed by atoms with E-state index in [-0.39, 0.29) is 4.75 Å². The van der Waals surface area contributed by atoms with Gasteiger partial charge in [-0.15, -0.1) is 0 Å². The second kappa shape index (κ2) is 5.29. The first-order valence-electron chi connectivity index (χ1n) is 4.90. The number of halogens is 1. The summed E-state index contributed by atoms with van der Waals surface area (Å²) in [4.78, 5) is 4.18. The van der Waals surface area contributed by atoms with E-state index in [1.165, 1.54) is 0 Å². The number of hydrogen-bond donors (Lipinski definition) is 0. The third kappa shape index (κ3) is 3.88. The van der Waals surface area contributed by atoms with Crippen molar-refractivity contribution in [2.45, 2.75) is 32.4 Å². The van der Waals surface area contributed by atoms with E-state index in [0.29, 0.717) is 5.71 Å². The molecule has 3 nitrogen and oxygen atoms in total. The van der Waals surface area contributed by atoms with Crippen LogP contribution in [0.3, 0.4) is 0 Å². The molecule has 0 saturated carbocycles. The molecule has 0 N–H and O–H groups in total. The van der Waals surface area contributed by atoms with Crippen molar-refractivity contribution in [3.05, 3.63) is 28.5 Å². The molecule has 0 amide bonds. The third-order valence-corrected chi connectivity index (χ3v) is 3.82. The lowest BCUT2D eigenvalue weighted by molar-refractivity contribution is 0.561. The van der Waals surface area contributed by atoms with Crippen LogP contribution in [0.2, 0.25) is 0 Å². The van der Waals surface area contributed by atoms with E-state index in [9.17, 15) is 4.55 Å². The molecule has 88 valence electrons. The summed E-state index contributed by atoms with van der Waals surface area (Å²) in [5.74, 6) is 0. The van der Waals surface area contributed by atoms with Crippen LogP contribution >= 0.6 is 15.9 Å². The summed E-state index contributed by atoms with van der Waals surface area (Å²) >= 11 is 2.12. The minimum absolute atomic E-state index is 0.340. The minimum Gasteiger partial charge on any atom is -0.591 e. The van der Waals surface area contributed by atoms with Gasteiger partial charge in [0.25, 0.3) is 0 Å².